The molecule has 7 heteroatoms. The highest BCUT2D eigenvalue weighted by molar-refractivity contribution is 5.82. The first-order chi connectivity index (χ1) is 8.91. The second-order valence-corrected chi connectivity index (χ2v) is 5.20. The largest absolute Gasteiger partial charge is 0.480 e. The quantitative estimate of drug-likeness (QED) is 0.377. The first kappa shape index (κ1) is 15.9. The number of aliphatic carboxylic acids is 1. The van der Waals surface area contributed by atoms with Gasteiger partial charge in [0.05, 0.1) is 12.2 Å². The summed E-state index contributed by atoms with van der Waals surface area (Å²) in [6, 6.07) is -1.04. The number of hydrogen-bond acceptors (Lipinski definition) is 5. The molecule has 0 spiro atoms. The molecule has 7 nitrogen and oxygen atoms in total. The lowest BCUT2D eigenvalue weighted by atomic mass is 10.0. The third-order valence-corrected chi connectivity index (χ3v) is 3.43. The zero-order valence-corrected chi connectivity index (χ0v) is 11.3. The van der Waals surface area contributed by atoms with Gasteiger partial charge in [-0.25, -0.2) is 0 Å². The second-order valence-electron chi connectivity index (χ2n) is 5.20. The summed E-state index contributed by atoms with van der Waals surface area (Å²) in [6.45, 7) is 2.53. The van der Waals surface area contributed by atoms with Crippen molar-refractivity contribution in [1.82, 2.24) is 10.6 Å². The monoisotopic (exact) mass is 272 g/mol. The van der Waals surface area contributed by atoms with Crippen LogP contribution < -0.4 is 22.1 Å². The lowest BCUT2D eigenvalue weighted by molar-refractivity contribution is -0.138. The van der Waals surface area contributed by atoms with Crippen molar-refractivity contribution in [3.05, 3.63) is 0 Å². The number of carboxylic acids is 1. The number of hydrogen-bond donors (Lipinski definition) is 5. The summed E-state index contributed by atoms with van der Waals surface area (Å²) >= 11 is 0. The molecule has 0 aromatic heterocycles. The number of nitrogens with two attached hydrogens (primary N) is 2. The van der Waals surface area contributed by atoms with Crippen LogP contribution in [0.4, 0.5) is 0 Å². The highest BCUT2D eigenvalue weighted by Gasteiger charge is 2.33. The van der Waals surface area contributed by atoms with Crippen LogP contribution in [0.1, 0.15) is 32.6 Å². The molecule has 0 bridgehead atoms. The molecule has 0 aliphatic carbocycles. The number of unbranched alkanes of at least 4 members (excludes halogenated alkanes) is 1. The summed E-state index contributed by atoms with van der Waals surface area (Å²) in [6.07, 6.45) is 2.51. The normalized spacial score (nSPS) is 28.1. The SMILES string of the molecule is C[C@@H]1C[C@H](N)N[C@H]1C(=O)NCCCC[C@H](N)C(=O)O. The minimum Gasteiger partial charge on any atom is -0.480 e. The van der Waals surface area contributed by atoms with Crippen molar-refractivity contribution in [3.8, 4) is 0 Å². The topological polar surface area (TPSA) is 130 Å². The molecule has 0 radical (unpaired) electrons. The Morgan fingerprint density at radius 2 is 2.16 bits per heavy atom. The highest BCUT2D eigenvalue weighted by Crippen LogP contribution is 2.17. The fourth-order valence-electron chi connectivity index (χ4n) is 2.27. The minimum atomic E-state index is -0.984. The van der Waals surface area contributed by atoms with Gasteiger partial charge in [-0.2, -0.15) is 0 Å². The van der Waals surface area contributed by atoms with Gasteiger partial charge in [-0.1, -0.05) is 6.92 Å². The van der Waals surface area contributed by atoms with E-state index in [1.807, 2.05) is 6.92 Å². The third-order valence-electron chi connectivity index (χ3n) is 3.43. The molecular formula is C12H24N4O3. The summed E-state index contributed by atoms with van der Waals surface area (Å²) in [4.78, 5) is 22.4. The maximum atomic E-state index is 11.9. The van der Waals surface area contributed by atoms with Gasteiger partial charge in [0.15, 0.2) is 0 Å². The molecule has 4 atom stereocenters. The van der Waals surface area contributed by atoms with Gasteiger partial charge in [-0.05, 0) is 31.6 Å². The first-order valence-corrected chi connectivity index (χ1v) is 6.69. The molecule has 1 aliphatic heterocycles. The Balaban J connectivity index is 2.13. The van der Waals surface area contributed by atoms with E-state index in [1.54, 1.807) is 0 Å². The van der Waals surface area contributed by atoms with Gasteiger partial charge < -0.3 is 21.9 Å². The van der Waals surface area contributed by atoms with Gasteiger partial charge in [0.2, 0.25) is 5.91 Å². The summed E-state index contributed by atoms with van der Waals surface area (Å²) < 4.78 is 0. The van der Waals surface area contributed by atoms with Gasteiger partial charge in [0.1, 0.15) is 6.04 Å². The summed E-state index contributed by atoms with van der Waals surface area (Å²) in [5.41, 5.74) is 11.1. The Labute approximate surface area is 113 Å². The fourth-order valence-corrected chi connectivity index (χ4v) is 2.27. The predicted octanol–water partition coefficient (Wildman–Crippen LogP) is -1.03. The Morgan fingerprint density at radius 1 is 1.47 bits per heavy atom. The molecule has 1 rings (SSSR count). The van der Waals surface area contributed by atoms with Gasteiger partial charge >= 0.3 is 5.97 Å². The van der Waals surface area contributed by atoms with Crippen LogP contribution in [0.5, 0.6) is 0 Å². The van der Waals surface area contributed by atoms with Crippen LogP contribution in [0.2, 0.25) is 0 Å². The van der Waals surface area contributed by atoms with Crippen molar-refractivity contribution in [2.24, 2.45) is 17.4 Å². The summed E-state index contributed by atoms with van der Waals surface area (Å²) in [5.74, 6) is -0.791. The average Bonchev–Trinajstić information content (AvgIpc) is 2.67. The van der Waals surface area contributed by atoms with Crippen molar-refractivity contribution >= 4 is 11.9 Å². The first-order valence-electron chi connectivity index (χ1n) is 6.69. The smallest absolute Gasteiger partial charge is 0.320 e. The van der Waals surface area contributed by atoms with Crippen molar-refractivity contribution in [1.29, 1.82) is 0 Å². The minimum absolute atomic E-state index is 0.0389. The van der Waals surface area contributed by atoms with E-state index in [1.165, 1.54) is 0 Å². The van der Waals surface area contributed by atoms with Gasteiger partial charge in [0, 0.05) is 6.54 Å². The van der Waals surface area contributed by atoms with Crippen LogP contribution >= 0.6 is 0 Å². The van der Waals surface area contributed by atoms with Crippen LogP contribution in [0.3, 0.4) is 0 Å². The molecule has 0 saturated carbocycles. The van der Waals surface area contributed by atoms with Gasteiger partial charge in [0.25, 0.3) is 0 Å². The van der Waals surface area contributed by atoms with E-state index in [0.717, 1.165) is 12.8 Å². The maximum Gasteiger partial charge on any atom is 0.320 e. The molecule has 7 N–H and O–H groups in total. The molecular weight excluding hydrogens is 248 g/mol. The molecule has 1 heterocycles. The number of nitrogens with one attached hydrogen (secondary N) is 2. The van der Waals surface area contributed by atoms with Gasteiger partial charge in [-0.15, -0.1) is 0 Å². The number of rotatable bonds is 7. The molecule has 1 fully saturated rings. The van der Waals surface area contributed by atoms with E-state index in [2.05, 4.69) is 10.6 Å². The van der Waals surface area contributed by atoms with E-state index < -0.39 is 12.0 Å². The van der Waals surface area contributed by atoms with E-state index in [9.17, 15) is 9.59 Å². The van der Waals surface area contributed by atoms with Crippen LogP contribution in [0, 0.1) is 5.92 Å². The van der Waals surface area contributed by atoms with E-state index in [-0.39, 0.29) is 24.0 Å². The third kappa shape index (κ3) is 5.14. The zero-order chi connectivity index (χ0) is 14.4. The Hall–Kier alpha value is -1.18. The number of carboxylic acid groups (broad SMARTS) is 1. The van der Waals surface area contributed by atoms with Gasteiger partial charge in [-0.3, -0.25) is 14.9 Å². The fraction of sp³-hybridized carbons (Fsp3) is 0.833. The molecule has 1 aliphatic rings. The van der Waals surface area contributed by atoms with Crippen molar-refractivity contribution in [3.63, 3.8) is 0 Å². The summed E-state index contributed by atoms with van der Waals surface area (Å²) in [7, 11) is 0. The Bertz CT molecular complexity index is 324. The molecule has 0 aromatic carbocycles. The predicted molar refractivity (Wildman–Crippen MR) is 71.2 cm³/mol. The Morgan fingerprint density at radius 3 is 2.68 bits per heavy atom. The number of amides is 1. The van der Waals surface area contributed by atoms with Crippen molar-refractivity contribution in [2.75, 3.05) is 6.54 Å². The highest BCUT2D eigenvalue weighted by atomic mass is 16.4. The lowest BCUT2D eigenvalue weighted by Crippen LogP contribution is -2.46. The van der Waals surface area contributed by atoms with Crippen LogP contribution in [0.25, 0.3) is 0 Å². The Kier molecular flexibility index (Phi) is 6.20. The second kappa shape index (κ2) is 7.42. The van der Waals surface area contributed by atoms with E-state index >= 15 is 0 Å². The molecule has 1 amide bonds. The molecule has 0 unspecified atom stereocenters. The van der Waals surface area contributed by atoms with Crippen molar-refractivity contribution < 1.29 is 14.7 Å². The standard InChI is InChI=1S/C12H24N4O3/c1-7-6-9(14)16-10(7)11(17)15-5-3-2-4-8(13)12(18)19/h7-10,16H,2-6,13-14H2,1H3,(H,15,17)(H,18,19)/t7-,8+,9-,10-/m1/s1. The molecule has 110 valence electrons. The van der Waals surface area contributed by atoms with E-state index in [4.69, 9.17) is 16.6 Å². The molecule has 19 heavy (non-hydrogen) atoms. The zero-order valence-electron chi connectivity index (χ0n) is 11.3. The van der Waals surface area contributed by atoms with Crippen molar-refractivity contribution in [2.45, 2.75) is 50.9 Å². The average molecular weight is 272 g/mol. The molecule has 0 aromatic rings. The van der Waals surface area contributed by atoms with E-state index in [0.29, 0.717) is 19.4 Å². The maximum absolute atomic E-state index is 11.9. The molecule has 1 saturated heterocycles. The van der Waals surface area contributed by atoms with Crippen LogP contribution in [-0.2, 0) is 9.59 Å². The lowest BCUT2D eigenvalue weighted by Gasteiger charge is -2.15. The number of carbonyl (C=O) groups excluding carboxylic acids is 1. The van der Waals surface area contributed by atoms with Crippen LogP contribution in [-0.4, -0.2) is 41.8 Å². The number of carbonyl (C=O) groups is 2. The van der Waals surface area contributed by atoms with Crippen LogP contribution in [0.15, 0.2) is 0 Å². The summed E-state index contributed by atoms with van der Waals surface area (Å²) in [5, 5.41) is 14.5.